The highest BCUT2D eigenvalue weighted by atomic mass is 35.5. The van der Waals surface area contributed by atoms with Crippen LogP contribution < -0.4 is 10.5 Å². The zero-order valence-corrected chi connectivity index (χ0v) is 13.3. The maximum absolute atomic E-state index is 12.3. The summed E-state index contributed by atoms with van der Waals surface area (Å²) < 4.78 is 32.4. The molecule has 1 heterocycles. The Morgan fingerprint density at radius 1 is 1.50 bits per heavy atom. The molecule has 1 atom stereocenters. The van der Waals surface area contributed by atoms with Gasteiger partial charge in [-0.25, -0.2) is 18.1 Å². The minimum Gasteiger partial charge on any atom is -0.382 e. The van der Waals surface area contributed by atoms with Gasteiger partial charge in [-0.05, 0) is 18.9 Å². The van der Waals surface area contributed by atoms with Gasteiger partial charge < -0.3 is 10.5 Å². The van der Waals surface area contributed by atoms with Crippen molar-refractivity contribution in [1.82, 2.24) is 9.71 Å². The SMILES string of the molecule is CCOCC(NS(=O)(=O)c1cnc(N)c(Cl)c1)C(C)C. The van der Waals surface area contributed by atoms with Crippen molar-refractivity contribution < 1.29 is 13.2 Å². The first kappa shape index (κ1) is 17.2. The maximum Gasteiger partial charge on any atom is 0.242 e. The van der Waals surface area contributed by atoms with Gasteiger partial charge in [0.2, 0.25) is 10.0 Å². The summed E-state index contributed by atoms with van der Waals surface area (Å²) in [5.74, 6) is 0.189. The van der Waals surface area contributed by atoms with E-state index in [-0.39, 0.29) is 27.7 Å². The molecule has 0 saturated carbocycles. The first-order valence-corrected chi connectivity index (χ1v) is 8.15. The first-order valence-electron chi connectivity index (χ1n) is 6.29. The van der Waals surface area contributed by atoms with Crippen molar-refractivity contribution in [3.63, 3.8) is 0 Å². The summed E-state index contributed by atoms with van der Waals surface area (Å²) in [4.78, 5) is 3.74. The highest BCUT2D eigenvalue weighted by molar-refractivity contribution is 7.89. The molecule has 1 unspecified atom stereocenters. The standard InChI is InChI=1S/C12H20ClN3O3S/c1-4-19-7-11(8(2)3)16-20(17,18)9-5-10(13)12(14)15-6-9/h5-6,8,11,16H,4,7H2,1-3H3,(H2,14,15). The number of ether oxygens (including phenoxy) is 1. The van der Waals surface area contributed by atoms with Crippen LogP contribution in [0.1, 0.15) is 20.8 Å². The lowest BCUT2D eigenvalue weighted by molar-refractivity contribution is 0.116. The van der Waals surface area contributed by atoms with Crippen LogP contribution >= 0.6 is 11.6 Å². The van der Waals surface area contributed by atoms with Crippen LogP contribution in [0.5, 0.6) is 0 Å². The third-order valence-electron chi connectivity index (χ3n) is 2.77. The van der Waals surface area contributed by atoms with Gasteiger partial charge in [0.05, 0.1) is 11.6 Å². The Morgan fingerprint density at radius 2 is 2.15 bits per heavy atom. The van der Waals surface area contributed by atoms with Crippen molar-refractivity contribution in [2.45, 2.75) is 31.7 Å². The minimum atomic E-state index is -3.71. The number of halogens is 1. The molecule has 0 saturated heterocycles. The Balaban J connectivity index is 2.94. The highest BCUT2D eigenvalue weighted by Crippen LogP contribution is 2.20. The summed E-state index contributed by atoms with van der Waals surface area (Å²) in [6, 6.07) is 0.959. The number of nitrogens with two attached hydrogens (primary N) is 1. The molecule has 3 N–H and O–H groups in total. The number of hydrogen-bond donors (Lipinski definition) is 2. The molecule has 0 bridgehead atoms. The van der Waals surface area contributed by atoms with Crippen molar-refractivity contribution in [1.29, 1.82) is 0 Å². The molecule has 0 amide bonds. The number of nitrogens with zero attached hydrogens (tertiary/aromatic N) is 1. The number of anilines is 1. The lowest BCUT2D eigenvalue weighted by Gasteiger charge is -2.22. The van der Waals surface area contributed by atoms with Crippen molar-refractivity contribution in [2.24, 2.45) is 5.92 Å². The fourth-order valence-corrected chi connectivity index (χ4v) is 3.02. The molecule has 114 valence electrons. The number of nitrogens with one attached hydrogen (secondary N) is 1. The summed E-state index contributed by atoms with van der Waals surface area (Å²) in [5.41, 5.74) is 5.47. The normalized spacial score (nSPS) is 13.7. The second kappa shape index (κ2) is 7.21. The van der Waals surface area contributed by atoms with Gasteiger partial charge in [0.1, 0.15) is 10.7 Å². The Hall–Kier alpha value is -0.890. The lowest BCUT2D eigenvalue weighted by atomic mass is 10.1. The second-order valence-corrected chi connectivity index (χ2v) is 6.79. The van der Waals surface area contributed by atoms with E-state index in [1.165, 1.54) is 12.3 Å². The fraction of sp³-hybridized carbons (Fsp3) is 0.583. The summed E-state index contributed by atoms with van der Waals surface area (Å²) in [5, 5.41) is 0.110. The van der Waals surface area contributed by atoms with E-state index < -0.39 is 10.0 Å². The molecular weight excluding hydrogens is 302 g/mol. The number of sulfonamides is 1. The van der Waals surface area contributed by atoms with E-state index in [1.54, 1.807) is 0 Å². The van der Waals surface area contributed by atoms with E-state index in [4.69, 9.17) is 22.1 Å². The van der Waals surface area contributed by atoms with Crippen molar-refractivity contribution in [3.05, 3.63) is 17.3 Å². The van der Waals surface area contributed by atoms with Gasteiger partial charge >= 0.3 is 0 Å². The Kier molecular flexibility index (Phi) is 6.19. The molecule has 8 heteroatoms. The molecule has 0 aliphatic rings. The third-order valence-corrected chi connectivity index (χ3v) is 4.53. The van der Waals surface area contributed by atoms with Crippen LogP contribution in [0.25, 0.3) is 0 Å². The third kappa shape index (κ3) is 4.59. The molecule has 1 rings (SSSR count). The van der Waals surface area contributed by atoms with Gasteiger partial charge in [-0.3, -0.25) is 0 Å². The topological polar surface area (TPSA) is 94.3 Å². The van der Waals surface area contributed by atoms with Crippen LogP contribution in [0.15, 0.2) is 17.2 Å². The molecule has 1 aromatic heterocycles. The number of aromatic nitrogens is 1. The van der Waals surface area contributed by atoms with Gasteiger partial charge in [-0.15, -0.1) is 0 Å². The molecule has 0 aliphatic heterocycles. The predicted octanol–water partition coefficient (Wildman–Crippen LogP) is 1.66. The summed E-state index contributed by atoms with van der Waals surface area (Å²) >= 11 is 5.80. The van der Waals surface area contributed by atoms with Crippen LogP contribution in [0, 0.1) is 5.92 Å². The zero-order chi connectivity index (χ0) is 15.3. The second-order valence-electron chi connectivity index (χ2n) is 4.67. The van der Waals surface area contributed by atoms with E-state index in [2.05, 4.69) is 9.71 Å². The number of pyridine rings is 1. The van der Waals surface area contributed by atoms with Gasteiger partial charge in [-0.2, -0.15) is 0 Å². The molecule has 0 spiro atoms. The van der Waals surface area contributed by atoms with E-state index in [0.29, 0.717) is 13.2 Å². The molecule has 20 heavy (non-hydrogen) atoms. The molecular formula is C12H20ClN3O3S. The van der Waals surface area contributed by atoms with E-state index >= 15 is 0 Å². The first-order chi connectivity index (χ1) is 9.27. The maximum atomic E-state index is 12.3. The summed E-state index contributed by atoms with van der Waals surface area (Å²) in [6.07, 6.45) is 1.18. The van der Waals surface area contributed by atoms with Crippen molar-refractivity contribution >= 4 is 27.4 Å². The van der Waals surface area contributed by atoms with Gasteiger partial charge in [0.25, 0.3) is 0 Å². The number of rotatable bonds is 7. The summed E-state index contributed by atoms with van der Waals surface area (Å²) in [7, 11) is -3.71. The Labute approximate surface area is 124 Å². The molecule has 0 fully saturated rings. The number of nitrogen functional groups attached to an aromatic ring is 1. The Bertz CT molecular complexity index is 549. The molecule has 0 aromatic carbocycles. The largest absolute Gasteiger partial charge is 0.382 e. The molecule has 0 radical (unpaired) electrons. The van der Waals surface area contributed by atoms with Gasteiger partial charge in [0, 0.05) is 18.8 Å². The van der Waals surface area contributed by atoms with Crippen LogP contribution in [0.4, 0.5) is 5.82 Å². The van der Waals surface area contributed by atoms with Crippen molar-refractivity contribution in [2.75, 3.05) is 18.9 Å². The van der Waals surface area contributed by atoms with Crippen LogP contribution in [-0.2, 0) is 14.8 Å². The van der Waals surface area contributed by atoms with E-state index in [9.17, 15) is 8.42 Å². The lowest BCUT2D eigenvalue weighted by Crippen LogP contribution is -2.41. The van der Waals surface area contributed by atoms with Crippen LogP contribution in [-0.4, -0.2) is 32.7 Å². The highest BCUT2D eigenvalue weighted by Gasteiger charge is 2.23. The quantitative estimate of drug-likeness (QED) is 0.796. The smallest absolute Gasteiger partial charge is 0.242 e. The van der Waals surface area contributed by atoms with Crippen molar-refractivity contribution in [3.8, 4) is 0 Å². The zero-order valence-electron chi connectivity index (χ0n) is 11.8. The van der Waals surface area contributed by atoms with E-state index in [0.717, 1.165) is 0 Å². The average Bonchev–Trinajstić information content (AvgIpc) is 2.37. The van der Waals surface area contributed by atoms with Gasteiger partial charge in [0.15, 0.2) is 0 Å². The van der Waals surface area contributed by atoms with Crippen LogP contribution in [0.3, 0.4) is 0 Å². The van der Waals surface area contributed by atoms with Crippen LogP contribution in [0.2, 0.25) is 5.02 Å². The molecule has 0 aliphatic carbocycles. The Morgan fingerprint density at radius 3 is 2.65 bits per heavy atom. The van der Waals surface area contributed by atoms with E-state index in [1.807, 2.05) is 20.8 Å². The number of hydrogen-bond acceptors (Lipinski definition) is 5. The molecule has 1 aromatic rings. The molecule has 6 nitrogen and oxygen atoms in total. The average molecular weight is 322 g/mol. The minimum absolute atomic E-state index is 0.0150. The van der Waals surface area contributed by atoms with Gasteiger partial charge in [-0.1, -0.05) is 25.4 Å². The monoisotopic (exact) mass is 321 g/mol. The predicted molar refractivity (Wildman–Crippen MR) is 79.1 cm³/mol. The summed E-state index contributed by atoms with van der Waals surface area (Å²) in [6.45, 7) is 6.53. The fourth-order valence-electron chi connectivity index (χ4n) is 1.45.